The molecule has 0 aliphatic carbocycles. The van der Waals surface area contributed by atoms with Gasteiger partial charge in [0.15, 0.2) is 0 Å². The second-order valence-corrected chi connectivity index (χ2v) is 5.20. The largest absolute Gasteiger partial charge is 0.480 e. The molecule has 0 atom stereocenters. The lowest BCUT2D eigenvalue weighted by molar-refractivity contribution is -0.151. The average molecular weight is 300 g/mol. The molecule has 0 bridgehead atoms. The number of rotatable bonds is 3. The summed E-state index contributed by atoms with van der Waals surface area (Å²) in [5.74, 6) is -1.68. The number of nitrogens with one attached hydrogen (secondary N) is 1. The Morgan fingerprint density at radius 1 is 1.35 bits per heavy atom. The zero-order valence-corrected chi connectivity index (χ0v) is 11.5. The number of benzene rings is 1. The SMILES string of the molecule is Cc1cc(NC(=O)C(C)(C)C(=O)O)ccc1Br. The van der Waals surface area contributed by atoms with Gasteiger partial charge in [0.2, 0.25) is 5.91 Å². The van der Waals surface area contributed by atoms with E-state index in [4.69, 9.17) is 5.11 Å². The van der Waals surface area contributed by atoms with Gasteiger partial charge in [-0.15, -0.1) is 0 Å². The number of halogens is 1. The van der Waals surface area contributed by atoms with Gasteiger partial charge in [-0.1, -0.05) is 15.9 Å². The second kappa shape index (κ2) is 4.87. The summed E-state index contributed by atoms with van der Waals surface area (Å²) >= 11 is 3.35. The number of hydrogen-bond donors (Lipinski definition) is 2. The highest BCUT2D eigenvalue weighted by Gasteiger charge is 2.35. The Hall–Kier alpha value is -1.36. The molecule has 0 aliphatic heterocycles. The molecular formula is C12H14BrNO3. The van der Waals surface area contributed by atoms with Crippen molar-refractivity contribution in [3.63, 3.8) is 0 Å². The molecule has 0 spiro atoms. The maximum absolute atomic E-state index is 11.8. The number of carbonyl (C=O) groups is 2. The van der Waals surface area contributed by atoms with Crippen LogP contribution in [0.4, 0.5) is 5.69 Å². The number of carboxylic acids is 1. The average Bonchev–Trinajstić information content (AvgIpc) is 2.23. The zero-order valence-electron chi connectivity index (χ0n) is 9.87. The summed E-state index contributed by atoms with van der Waals surface area (Å²) in [5, 5.41) is 11.5. The van der Waals surface area contributed by atoms with Crippen LogP contribution in [0.3, 0.4) is 0 Å². The molecule has 0 fully saturated rings. The minimum atomic E-state index is -1.44. The smallest absolute Gasteiger partial charge is 0.318 e. The van der Waals surface area contributed by atoms with Crippen LogP contribution in [0, 0.1) is 12.3 Å². The molecule has 1 amide bonds. The van der Waals surface area contributed by atoms with Gasteiger partial charge < -0.3 is 10.4 Å². The van der Waals surface area contributed by atoms with Crippen molar-refractivity contribution in [2.45, 2.75) is 20.8 Å². The Labute approximate surface area is 108 Å². The fourth-order valence-electron chi connectivity index (χ4n) is 1.11. The van der Waals surface area contributed by atoms with E-state index in [2.05, 4.69) is 21.2 Å². The van der Waals surface area contributed by atoms with Crippen molar-refractivity contribution in [2.75, 3.05) is 5.32 Å². The number of hydrogen-bond acceptors (Lipinski definition) is 2. The van der Waals surface area contributed by atoms with E-state index in [0.29, 0.717) is 5.69 Å². The summed E-state index contributed by atoms with van der Waals surface area (Å²) in [6, 6.07) is 5.30. The Morgan fingerprint density at radius 2 is 1.94 bits per heavy atom. The quantitative estimate of drug-likeness (QED) is 0.844. The van der Waals surface area contributed by atoms with Gasteiger partial charge >= 0.3 is 5.97 Å². The zero-order chi connectivity index (χ0) is 13.2. The van der Waals surface area contributed by atoms with Crippen LogP contribution in [0.2, 0.25) is 0 Å². The lowest BCUT2D eigenvalue weighted by Crippen LogP contribution is -2.37. The van der Waals surface area contributed by atoms with E-state index in [0.717, 1.165) is 10.0 Å². The van der Waals surface area contributed by atoms with Crippen LogP contribution >= 0.6 is 15.9 Å². The molecule has 5 heteroatoms. The predicted octanol–water partition coefficient (Wildman–Crippen LogP) is 2.81. The van der Waals surface area contributed by atoms with Gasteiger partial charge in [0.05, 0.1) is 0 Å². The Morgan fingerprint density at radius 3 is 2.41 bits per heavy atom. The molecule has 92 valence electrons. The third kappa shape index (κ3) is 3.06. The number of aliphatic carboxylic acids is 1. The van der Waals surface area contributed by atoms with E-state index in [9.17, 15) is 9.59 Å². The highest BCUT2D eigenvalue weighted by atomic mass is 79.9. The molecule has 1 aromatic rings. The summed E-state index contributed by atoms with van der Waals surface area (Å²) in [4.78, 5) is 22.7. The van der Waals surface area contributed by atoms with Gasteiger partial charge in [-0.05, 0) is 44.5 Å². The number of carboxylic acid groups (broad SMARTS) is 1. The third-order valence-corrected chi connectivity index (χ3v) is 3.41. The summed E-state index contributed by atoms with van der Waals surface area (Å²) in [5.41, 5.74) is 0.113. The van der Waals surface area contributed by atoms with Crippen LogP contribution in [-0.4, -0.2) is 17.0 Å². The van der Waals surface area contributed by atoms with Crippen LogP contribution < -0.4 is 5.32 Å². The third-order valence-electron chi connectivity index (χ3n) is 2.52. The molecule has 17 heavy (non-hydrogen) atoms. The van der Waals surface area contributed by atoms with E-state index >= 15 is 0 Å². The second-order valence-electron chi connectivity index (χ2n) is 4.35. The van der Waals surface area contributed by atoms with Gasteiger partial charge in [0.25, 0.3) is 0 Å². The van der Waals surface area contributed by atoms with Crippen LogP contribution in [0.5, 0.6) is 0 Å². The van der Waals surface area contributed by atoms with Crippen molar-refractivity contribution in [1.29, 1.82) is 0 Å². The van der Waals surface area contributed by atoms with Crippen LogP contribution in [0.15, 0.2) is 22.7 Å². The Bertz CT molecular complexity index is 469. The molecule has 2 N–H and O–H groups in total. The van der Waals surface area contributed by atoms with E-state index in [-0.39, 0.29) is 0 Å². The van der Waals surface area contributed by atoms with Gasteiger partial charge in [-0.3, -0.25) is 9.59 Å². The highest BCUT2D eigenvalue weighted by Crippen LogP contribution is 2.23. The Kier molecular flexibility index (Phi) is 3.93. The van der Waals surface area contributed by atoms with Crippen molar-refractivity contribution in [3.05, 3.63) is 28.2 Å². The summed E-state index contributed by atoms with van der Waals surface area (Å²) in [6.45, 7) is 4.63. The molecular weight excluding hydrogens is 286 g/mol. The van der Waals surface area contributed by atoms with E-state index in [1.165, 1.54) is 13.8 Å². The molecule has 4 nitrogen and oxygen atoms in total. The summed E-state index contributed by atoms with van der Waals surface area (Å²) in [7, 11) is 0. The predicted molar refractivity (Wildman–Crippen MR) is 68.9 cm³/mol. The summed E-state index contributed by atoms with van der Waals surface area (Å²) in [6.07, 6.45) is 0. The molecule has 1 rings (SSSR count). The first-order valence-corrected chi connectivity index (χ1v) is 5.85. The molecule has 0 saturated heterocycles. The van der Waals surface area contributed by atoms with Crippen molar-refractivity contribution >= 4 is 33.5 Å². The topological polar surface area (TPSA) is 66.4 Å². The summed E-state index contributed by atoms with van der Waals surface area (Å²) < 4.78 is 0.938. The normalized spacial score (nSPS) is 11.1. The number of amides is 1. The number of anilines is 1. The fraction of sp³-hybridized carbons (Fsp3) is 0.333. The molecule has 0 unspecified atom stereocenters. The van der Waals surface area contributed by atoms with Gasteiger partial charge in [0, 0.05) is 10.2 Å². The fourth-order valence-corrected chi connectivity index (χ4v) is 1.35. The maximum Gasteiger partial charge on any atom is 0.318 e. The first-order chi connectivity index (χ1) is 7.75. The van der Waals surface area contributed by atoms with E-state index < -0.39 is 17.3 Å². The minimum Gasteiger partial charge on any atom is -0.480 e. The molecule has 0 saturated carbocycles. The lowest BCUT2D eigenvalue weighted by atomic mass is 9.92. The maximum atomic E-state index is 11.8. The van der Waals surface area contributed by atoms with E-state index in [1.807, 2.05) is 6.92 Å². The number of carbonyl (C=O) groups excluding carboxylic acids is 1. The van der Waals surface area contributed by atoms with Gasteiger partial charge in [-0.2, -0.15) is 0 Å². The highest BCUT2D eigenvalue weighted by molar-refractivity contribution is 9.10. The van der Waals surface area contributed by atoms with Crippen molar-refractivity contribution < 1.29 is 14.7 Å². The van der Waals surface area contributed by atoms with Crippen molar-refractivity contribution in [2.24, 2.45) is 5.41 Å². The minimum absolute atomic E-state index is 0.535. The molecule has 0 aromatic heterocycles. The van der Waals surface area contributed by atoms with Gasteiger partial charge in [0.1, 0.15) is 5.41 Å². The first-order valence-electron chi connectivity index (χ1n) is 5.06. The lowest BCUT2D eigenvalue weighted by Gasteiger charge is -2.18. The molecule has 1 aromatic carbocycles. The van der Waals surface area contributed by atoms with Crippen LogP contribution in [-0.2, 0) is 9.59 Å². The van der Waals surface area contributed by atoms with Crippen molar-refractivity contribution in [1.82, 2.24) is 0 Å². The van der Waals surface area contributed by atoms with Crippen molar-refractivity contribution in [3.8, 4) is 0 Å². The van der Waals surface area contributed by atoms with E-state index in [1.54, 1.807) is 18.2 Å². The molecule has 0 aliphatic rings. The molecule has 0 radical (unpaired) electrons. The molecule has 0 heterocycles. The van der Waals surface area contributed by atoms with Gasteiger partial charge in [-0.25, -0.2) is 0 Å². The van der Waals surface area contributed by atoms with Crippen LogP contribution in [0.25, 0.3) is 0 Å². The standard InChI is InChI=1S/C12H14BrNO3/c1-7-6-8(4-5-9(7)13)14-10(15)12(2,3)11(16)17/h4-6H,1-3H3,(H,14,15)(H,16,17). The Balaban J connectivity index is 2.89. The number of aryl methyl sites for hydroxylation is 1. The first kappa shape index (κ1) is 13.7. The monoisotopic (exact) mass is 299 g/mol. The van der Waals surface area contributed by atoms with Crippen LogP contribution in [0.1, 0.15) is 19.4 Å².